The van der Waals surface area contributed by atoms with Crippen LogP contribution in [0.25, 0.3) is 0 Å². The van der Waals surface area contributed by atoms with Crippen LogP contribution in [-0.4, -0.2) is 59.1 Å². The molecule has 2 atom stereocenters. The zero-order valence-electron chi connectivity index (χ0n) is 14.5. The number of nitrogens with one attached hydrogen (secondary N) is 2. The van der Waals surface area contributed by atoms with E-state index in [4.69, 9.17) is 9.47 Å². The molecule has 2 N–H and O–H groups in total. The number of likely N-dealkylation sites (N-methyl/N-ethyl adjacent to an activating group) is 1. The van der Waals surface area contributed by atoms with Gasteiger partial charge in [0.25, 0.3) is 5.56 Å². The summed E-state index contributed by atoms with van der Waals surface area (Å²) in [5, 5.41) is 2.52. The molecule has 0 spiro atoms. The van der Waals surface area contributed by atoms with E-state index < -0.39 is 36.0 Å². The number of H-pyrrole nitrogens is 1. The first-order valence-corrected chi connectivity index (χ1v) is 8.01. The number of ether oxygens (including phenoxy) is 2. The monoisotopic (exact) mass is 372 g/mol. The summed E-state index contributed by atoms with van der Waals surface area (Å²) in [7, 11) is 1.45. The van der Waals surface area contributed by atoms with Gasteiger partial charge >= 0.3 is 11.8 Å². The van der Waals surface area contributed by atoms with Gasteiger partial charge in [0, 0.05) is 45.7 Å². The van der Waals surface area contributed by atoms with E-state index in [1.165, 1.54) is 25.1 Å². The molecular weight excluding hydrogens is 351 g/mol. The van der Waals surface area contributed by atoms with Gasteiger partial charge in [-0.25, -0.2) is 14.0 Å². The highest BCUT2D eigenvalue weighted by Crippen LogP contribution is 2.37. The van der Waals surface area contributed by atoms with Crippen LogP contribution in [0.2, 0.25) is 0 Å². The largest absolute Gasteiger partial charge is 0.443 e. The summed E-state index contributed by atoms with van der Waals surface area (Å²) in [6.07, 6.45) is -0.342. The second kappa shape index (κ2) is 8.13. The van der Waals surface area contributed by atoms with Crippen LogP contribution >= 0.6 is 0 Å². The maximum absolute atomic E-state index is 14.7. The van der Waals surface area contributed by atoms with E-state index in [0.717, 1.165) is 10.6 Å². The first-order valence-electron chi connectivity index (χ1n) is 8.01. The number of amides is 2. The summed E-state index contributed by atoms with van der Waals surface area (Å²) in [6, 6.07) is 1.13. The molecule has 1 aliphatic heterocycles. The predicted octanol–water partition coefficient (Wildman–Crippen LogP) is -0.284. The number of alkyl halides is 1. The average molecular weight is 372 g/mol. The van der Waals surface area contributed by atoms with Crippen molar-refractivity contribution in [2.45, 2.75) is 31.8 Å². The van der Waals surface area contributed by atoms with Crippen molar-refractivity contribution in [2.75, 3.05) is 26.7 Å². The Morgan fingerprint density at radius 2 is 2.27 bits per heavy atom. The molecule has 0 radical (unpaired) electrons. The van der Waals surface area contributed by atoms with Crippen molar-refractivity contribution in [2.24, 2.45) is 0 Å². The normalized spacial score (nSPS) is 22.0. The number of hydrogen-bond acceptors (Lipinski definition) is 6. The zero-order valence-corrected chi connectivity index (χ0v) is 14.5. The van der Waals surface area contributed by atoms with E-state index in [1.807, 2.05) is 0 Å². The quantitative estimate of drug-likeness (QED) is 0.708. The summed E-state index contributed by atoms with van der Waals surface area (Å²) in [6.45, 7) is 1.17. The molecule has 1 saturated heterocycles. The maximum atomic E-state index is 14.7. The number of rotatable bonds is 6. The van der Waals surface area contributed by atoms with Gasteiger partial charge in [0.2, 0.25) is 11.8 Å². The lowest BCUT2D eigenvalue weighted by atomic mass is 10.2. The average Bonchev–Trinajstić information content (AvgIpc) is 2.94. The number of nitrogens with zero attached hydrogens (tertiary/aromatic N) is 2. The van der Waals surface area contributed by atoms with Gasteiger partial charge < -0.3 is 19.7 Å². The molecule has 0 aromatic carbocycles. The number of carbonyl (C=O) groups is 2. The summed E-state index contributed by atoms with van der Waals surface area (Å²) < 4.78 is 25.9. The van der Waals surface area contributed by atoms with Gasteiger partial charge in [0.1, 0.15) is 6.23 Å². The van der Waals surface area contributed by atoms with Crippen LogP contribution in [-0.2, 0) is 14.3 Å². The third-order valence-corrected chi connectivity index (χ3v) is 3.82. The fourth-order valence-corrected chi connectivity index (χ4v) is 2.43. The van der Waals surface area contributed by atoms with Gasteiger partial charge in [-0.15, -0.1) is 0 Å². The zero-order chi connectivity index (χ0) is 19.3. The number of halogens is 1. The van der Waals surface area contributed by atoms with E-state index in [0.29, 0.717) is 0 Å². The number of aromatic amines is 1. The minimum absolute atomic E-state index is 0.0773. The molecule has 1 fully saturated rings. The number of hydrogen-bond donors (Lipinski definition) is 2. The highest BCUT2D eigenvalue weighted by atomic mass is 19.2. The topological polar surface area (TPSA) is 123 Å². The van der Waals surface area contributed by atoms with Crippen molar-refractivity contribution in [3.8, 4) is 0 Å². The van der Waals surface area contributed by atoms with E-state index in [2.05, 4.69) is 10.3 Å². The Morgan fingerprint density at radius 1 is 1.54 bits per heavy atom. The Bertz CT molecular complexity index is 778. The minimum atomic E-state index is -2.23. The molecule has 1 aromatic heterocycles. The summed E-state index contributed by atoms with van der Waals surface area (Å²) in [5.41, 5.74) is -1.27. The Balaban J connectivity index is 1.86. The second-order valence-corrected chi connectivity index (χ2v) is 5.97. The van der Waals surface area contributed by atoms with Gasteiger partial charge in [-0.3, -0.25) is 19.1 Å². The van der Waals surface area contributed by atoms with Crippen LogP contribution in [0.1, 0.15) is 26.0 Å². The van der Waals surface area contributed by atoms with Gasteiger partial charge in [-0.05, 0) is 6.42 Å². The molecule has 2 heterocycles. The van der Waals surface area contributed by atoms with Crippen molar-refractivity contribution in [3.63, 3.8) is 0 Å². The molecule has 2 rings (SSSR count). The van der Waals surface area contributed by atoms with Gasteiger partial charge in [0.05, 0.1) is 0 Å². The molecule has 2 amide bonds. The summed E-state index contributed by atoms with van der Waals surface area (Å²) >= 11 is 0. The van der Waals surface area contributed by atoms with Gasteiger partial charge in [-0.1, -0.05) is 0 Å². The molecule has 1 aliphatic rings. The molecule has 0 unspecified atom stereocenters. The summed E-state index contributed by atoms with van der Waals surface area (Å²) in [4.78, 5) is 48.7. The molecule has 144 valence electrons. The van der Waals surface area contributed by atoms with Crippen molar-refractivity contribution < 1.29 is 23.5 Å². The molecule has 10 nitrogen and oxygen atoms in total. The highest BCUT2D eigenvalue weighted by Gasteiger charge is 2.43. The van der Waals surface area contributed by atoms with E-state index in [-0.39, 0.29) is 31.8 Å². The van der Waals surface area contributed by atoms with Crippen molar-refractivity contribution in [1.82, 2.24) is 19.8 Å². The molecule has 0 saturated carbocycles. The van der Waals surface area contributed by atoms with Crippen LogP contribution < -0.4 is 16.6 Å². The highest BCUT2D eigenvalue weighted by molar-refractivity contribution is 5.73. The standard InChI is InChI=1S/C15H21FN4O6/c1-10(21)17-6-8-19(2)14(24)25-9-15(16)5-3-12(26-15)20-7-4-11(22)18-13(20)23/h4,7,12H,3,5-6,8-9H2,1-2H3,(H,17,21)(H,18,22,23)/t12-,15+/m1/s1. The Morgan fingerprint density at radius 3 is 2.92 bits per heavy atom. The Labute approximate surface area is 147 Å². The van der Waals surface area contributed by atoms with E-state index in [9.17, 15) is 23.6 Å². The Hall–Kier alpha value is -2.69. The molecule has 11 heteroatoms. The third kappa shape index (κ3) is 5.15. The van der Waals surface area contributed by atoms with Crippen LogP contribution in [0, 0.1) is 0 Å². The summed E-state index contributed by atoms with van der Waals surface area (Å²) in [5.74, 6) is -2.45. The molecular formula is C15H21FN4O6. The molecule has 0 aliphatic carbocycles. The van der Waals surface area contributed by atoms with Crippen molar-refractivity contribution in [3.05, 3.63) is 33.1 Å². The number of carbonyl (C=O) groups excluding carboxylic acids is 2. The van der Waals surface area contributed by atoms with Crippen molar-refractivity contribution in [1.29, 1.82) is 0 Å². The third-order valence-electron chi connectivity index (χ3n) is 3.82. The Kier molecular flexibility index (Phi) is 6.14. The van der Waals surface area contributed by atoms with Gasteiger partial charge in [0.15, 0.2) is 6.61 Å². The lowest BCUT2D eigenvalue weighted by Crippen LogP contribution is -2.39. The maximum Gasteiger partial charge on any atom is 0.409 e. The molecule has 26 heavy (non-hydrogen) atoms. The second-order valence-electron chi connectivity index (χ2n) is 5.97. The van der Waals surface area contributed by atoms with Crippen LogP contribution in [0.15, 0.2) is 21.9 Å². The van der Waals surface area contributed by atoms with E-state index >= 15 is 0 Å². The SMILES string of the molecule is CC(=O)NCCN(C)C(=O)OC[C@]1(F)CC[C@H](n2ccc(=O)[nH]c2=O)O1. The first-order chi connectivity index (χ1) is 12.2. The predicted molar refractivity (Wildman–Crippen MR) is 87.2 cm³/mol. The van der Waals surface area contributed by atoms with Crippen LogP contribution in [0.3, 0.4) is 0 Å². The lowest BCUT2D eigenvalue weighted by molar-refractivity contribution is -0.178. The lowest BCUT2D eigenvalue weighted by Gasteiger charge is -2.23. The van der Waals surface area contributed by atoms with Crippen LogP contribution in [0.5, 0.6) is 0 Å². The molecule has 0 bridgehead atoms. The molecule has 1 aromatic rings. The van der Waals surface area contributed by atoms with Crippen molar-refractivity contribution >= 4 is 12.0 Å². The fraction of sp³-hybridized carbons (Fsp3) is 0.600. The fourth-order valence-electron chi connectivity index (χ4n) is 2.43. The van der Waals surface area contributed by atoms with Gasteiger partial charge in [-0.2, -0.15) is 0 Å². The van der Waals surface area contributed by atoms with E-state index in [1.54, 1.807) is 0 Å². The minimum Gasteiger partial charge on any atom is -0.443 e. The number of aromatic nitrogens is 2. The van der Waals surface area contributed by atoms with Crippen LogP contribution in [0.4, 0.5) is 9.18 Å². The first kappa shape index (κ1) is 19.6. The smallest absolute Gasteiger partial charge is 0.409 e.